The number of hydrogen-bond donors (Lipinski definition) is 0. The quantitative estimate of drug-likeness (QED) is 0.578. The summed E-state index contributed by atoms with van der Waals surface area (Å²) in [7, 11) is 0. The van der Waals surface area contributed by atoms with Crippen LogP contribution in [0.5, 0.6) is 5.75 Å². The van der Waals surface area contributed by atoms with Crippen LogP contribution in [0.3, 0.4) is 0 Å². The highest BCUT2D eigenvalue weighted by Crippen LogP contribution is 2.27. The predicted octanol–water partition coefficient (Wildman–Crippen LogP) is 2.58. The summed E-state index contributed by atoms with van der Waals surface area (Å²) in [4.78, 5) is 16.7. The molecule has 2 aliphatic heterocycles. The molecule has 33 heavy (non-hydrogen) atoms. The van der Waals surface area contributed by atoms with Gasteiger partial charge in [-0.25, -0.2) is 4.68 Å². The maximum Gasteiger partial charge on any atom is 0.260 e. The Hall–Kier alpha value is -3.23. The summed E-state index contributed by atoms with van der Waals surface area (Å²) in [6.45, 7) is 6.98. The number of carbonyl (C=O) groups excluding carboxylic acids is 1. The average Bonchev–Trinajstić information content (AvgIpc) is 3.26. The minimum atomic E-state index is 0.00457. The zero-order valence-corrected chi connectivity index (χ0v) is 18.9. The fraction of sp³-hybridized carbons (Fsp3) is 0.400. The third kappa shape index (κ3) is 5.07. The number of fused-ring (bicyclic) bond motifs is 1. The van der Waals surface area contributed by atoms with Crippen molar-refractivity contribution in [3.8, 4) is 5.75 Å². The van der Waals surface area contributed by atoms with Crippen molar-refractivity contribution in [1.29, 1.82) is 0 Å². The van der Waals surface area contributed by atoms with E-state index in [1.165, 1.54) is 5.56 Å². The lowest BCUT2D eigenvalue weighted by Crippen LogP contribution is -2.49. The van der Waals surface area contributed by atoms with Crippen LogP contribution in [-0.2, 0) is 29.2 Å². The van der Waals surface area contributed by atoms with Crippen molar-refractivity contribution in [2.45, 2.75) is 32.7 Å². The lowest BCUT2D eigenvalue weighted by molar-refractivity contribution is -0.135. The van der Waals surface area contributed by atoms with Crippen molar-refractivity contribution in [3.63, 3.8) is 0 Å². The SMILES string of the molecule is Cc1ccc(OCC(=O)N2CCN(Cc3nnn4c3CO[C@H](c3ccccc3)C4)CC2)cc1. The number of rotatable bonds is 6. The minimum absolute atomic E-state index is 0.00457. The van der Waals surface area contributed by atoms with Gasteiger partial charge in [-0.1, -0.05) is 53.2 Å². The standard InChI is InChI=1S/C25H29N5O3/c1-19-7-9-21(10-8-19)32-18-25(31)29-13-11-28(12-14-29)15-22-23-17-33-24(16-30(23)27-26-22)20-5-3-2-4-6-20/h2-10,24H,11-18H2,1H3/t24-/m0/s1. The number of aromatic nitrogens is 3. The summed E-state index contributed by atoms with van der Waals surface area (Å²) in [5.41, 5.74) is 4.34. The largest absolute Gasteiger partial charge is 0.484 e. The van der Waals surface area contributed by atoms with Crippen molar-refractivity contribution >= 4 is 5.91 Å². The monoisotopic (exact) mass is 447 g/mol. The van der Waals surface area contributed by atoms with Gasteiger partial charge in [0.2, 0.25) is 0 Å². The molecule has 1 aromatic heterocycles. The number of piperazine rings is 1. The molecule has 1 fully saturated rings. The van der Waals surface area contributed by atoms with Gasteiger partial charge in [0.15, 0.2) is 6.61 Å². The first-order valence-corrected chi connectivity index (χ1v) is 11.4. The van der Waals surface area contributed by atoms with Crippen LogP contribution in [-0.4, -0.2) is 63.5 Å². The Morgan fingerprint density at radius 1 is 1.06 bits per heavy atom. The molecule has 8 nitrogen and oxygen atoms in total. The van der Waals surface area contributed by atoms with E-state index >= 15 is 0 Å². The molecule has 0 N–H and O–H groups in total. The van der Waals surface area contributed by atoms with Crippen LogP contribution < -0.4 is 4.74 Å². The van der Waals surface area contributed by atoms with Crippen molar-refractivity contribution in [3.05, 3.63) is 77.1 Å². The van der Waals surface area contributed by atoms with Gasteiger partial charge in [-0.2, -0.15) is 0 Å². The first kappa shape index (κ1) is 21.6. The molecule has 2 aliphatic rings. The van der Waals surface area contributed by atoms with E-state index < -0.39 is 0 Å². The highest BCUT2D eigenvalue weighted by atomic mass is 16.5. The third-order valence-corrected chi connectivity index (χ3v) is 6.33. The number of ether oxygens (including phenoxy) is 2. The van der Waals surface area contributed by atoms with Crippen molar-refractivity contribution in [1.82, 2.24) is 24.8 Å². The summed E-state index contributed by atoms with van der Waals surface area (Å²) in [6, 6.07) is 18.0. The second kappa shape index (κ2) is 9.72. The van der Waals surface area contributed by atoms with Gasteiger partial charge < -0.3 is 14.4 Å². The molecule has 0 unspecified atom stereocenters. The van der Waals surface area contributed by atoms with Gasteiger partial charge in [-0.05, 0) is 24.6 Å². The van der Waals surface area contributed by atoms with Crippen LogP contribution in [0.25, 0.3) is 0 Å². The molecule has 172 valence electrons. The lowest BCUT2D eigenvalue weighted by Gasteiger charge is -2.34. The maximum absolute atomic E-state index is 12.5. The van der Waals surface area contributed by atoms with Gasteiger partial charge in [0, 0.05) is 32.7 Å². The number of aryl methyl sites for hydroxylation is 1. The number of benzene rings is 2. The fourth-order valence-electron chi connectivity index (χ4n) is 4.29. The average molecular weight is 448 g/mol. The second-order valence-corrected chi connectivity index (χ2v) is 8.63. The zero-order chi connectivity index (χ0) is 22.6. The first-order valence-electron chi connectivity index (χ1n) is 11.4. The molecular weight excluding hydrogens is 418 g/mol. The summed E-state index contributed by atoms with van der Waals surface area (Å²) in [6.07, 6.45) is 0.00457. The molecule has 0 bridgehead atoms. The molecule has 0 saturated carbocycles. The van der Waals surface area contributed by atoms with E-state index in [0.29, 0.717) is 26.2 Å². The van der Waals surface area contributed by atoms with Crippen LogP contribution in [0, 0.1) is 6.92 Å². The van der Waals surface area contributed by atoms with Crippen LogP contribution in [0.1, 0.15) is 28.6 Å². The Morgan fingerprint density at radius 2 is 1.82 bits per heavy atom. The van der Waals surface area contributed by atoms with E-state index in [2.05, 4.69) is 27.3 Å². The van der Waals surface area contributed by atoms with Gasteiger partial charge >= 0.3 is 0 Å². The number of hydrogen-bond acceptors (Lipinski definition) is 6. The Bertz CT molecular complexity index is 1080. The zero-order valence-electron chi connectivity index (χ0n) is 18.9. The lowest BCUT2D eigenvalue weighted by atomic mass is 10.1. The fourth-order valence-corrected chi connectivity index (χ4v) is 4.29. The van der Waals surface area contributed by atoms with Gasteiger partial charge in [0.25, 0.3) is 5.91 Å². The van der Waals surface area contributed by atoms with E-state index in [1.54, 1.807) is 0 Å². The number of amides is 1. The molecule has 8 heteroatoms. The summed E-state index contributed by atoms with van der Waals surface area (Å²) in [5.74, 6) is 0.748. The molecule has 0 radical (unpaired) electrons. The van der Waals surface area contributed by atoms with Crippen molar-refractivity contribution in [2.75, 3.05) is 32.8 Å². The van der Waals surface area contributed by atoms with Crippen LogP contribution in [0.2, 0.25) is 0 Å². The number of carbonyl (C=O) groups is 1. The Labute approximate surface area is 193 Å². The summed E-state index contributed by atoms with van der Waals surface area (Å²) >= 11 is 0. The van der Waals surface area contributed by atoms with Gasteiger partial charge in [0.1, 0.15) is 17.5 Å². The molecule has 3 aromatic rings. The second-order valence-electron chi connectivity index (χ2n) is 8.63. The van der Waals surface area contributed by atoms with E-state index in [1.807, 2.05) is 59.0 Å². The Morgan fingerprint density at radius 3 is 2.58 bits per heavy atom. The predicted molar refractivity (Wildman–Crippen MR) is 123 cm³/mol. The Kier molecular flexibility index (Phi) is 6.37. The van der Waals surface area contributed by atoms with E-state index in [-0.39, 0.29) is 18.6 Å². The molecular formula is C25H29N5O3. The van der Waals surface area contributed by atoms with E-state index in [0.717, 1.165) is 42.3 Å². The van der Waals surface area contributed by atoms with E-state index in [9.17, 15) is 4.79 Å². The molecule has 0 aliphatic carbocycles. The highest BCUT2D eigenvalue weighted by Gasteiger charge is 2.27. The molecule has 2 aromatic carbocycles. The third-order valence-electron chi connectivity index (χ3n) is 6.33. The van der Waals surface area contributed by atoms with Crippen LogP contribution >= 0.6 is 0 Å². The van der Waals surface area contributed by atoms with Crippen LogP contribution in [0.15, 0.2) is 54.6 Å². The normalized spacial score (nSPS) is 18.7. The first-order chi connectivity index (χ1) is 16.2. The van der Waals surface area contributed by atoms with Crippen molar-refractivity contribution < 1.29 is 14.3 Å². The smallest absolute Gasteiger partial charge is 0.260 e. The van der Waals surface area contributed by atoms with Crippen molar-refractivity contribution in [2.24, 2.45) is 0 Å². The molecule has 3 heterocycles. The Balaban J connectivity index is 1.11. The maximum atomic E-state index is 12.5. The van der Waals surface area contributed by atoms with Gasteiger partial charge in [-0.3, -0.25) is 9.69 Å². The molecule has 1 atom stereocenters. The van der Waals surface area contributed by atoms with Crippen LogP contribution in [0.4, 0.5) is 0 Å². The minimum Gasteiger partial charge on any atom is -0.484 e. The highest BCUT2D eigenvalue weighted by molar-refractivity contribution is 5.77. The molecule has 5 rings (SSSR count). The number of nitrogens with zero attached hydrogens (tertiary/aromatic N) is 5. The molecule has 0 spiro atoms. The molecule has 1 saturated heterocycles. The summed E-state index contributed by atoms with van der Waals surface area (Å²) < 4.78 is 13.7. The molecule has 1 amide bonds. The van der Waals surface area contributed by atoms with Gasteiger partial charge in [0.05, 0.1) is 18.8 Å². The topological polar surface area (TPSA) is 72.7 Å². The van der Waals surface area contributed by atoms with Gasteiger partial charge in [-0.15, -0.1) is 5.10 Å². The summed E-state index contributed by atoms with van der Waals surface area (Å²) in [5, 5.41) is 8.81. The van der Waals surface area contributed by atoms with E-state index in [4.69, 9.17) is 9.47 Å².